The summed E-state index contributed by atoms with van der Waals surface area (Å²) < 4.78 is 2.56. The smallest absolute Gasteiger partial charge is 0.160 e. The highest BCUT2D eigenvalue weighted by Crippen LogP contribution is 2.41. The first-order valence-electron chi connectivity index (χ1n) is 20.0. The largest absolute Gasteiger partial charge is 0.228 e. The van der Waals surface area contributed by atoms with Crippen LogP contribution in [0.4, 0.5) is 0 Å². The van der Waals surface area contributed by atoms with Gasteiger partial charge in [-0.1, -0.05) is 170 Å². The molecule has 10 aromatic carbocycles. The van der Waals surface area contributed by atoms with Crippen LogP contribution in [0.1, 0.15) is 0 Å². The maximum Gasteiger partial charge on any atom is 0.160 e. The van der Waals surface area contributed by atoms with Crippen LogP contribution in [0.15, 0.2) is 206 Å². The third-order valence-electron chi connectivity index (χ3n) is 11.8. The minimum Gasteiger partial charge on any atom is -0.228 e. The molecule has 0 N–H and O–H groups in total. The molecule has 2 heterocycles. The molecule has 0 aliphatic carbocycles. The van der Waals surface area contributed by atoms with Crippen molar-refractivity contribution in [2.45, 2.75) is 0 Å². The molecule has 0 bridgehead atoms. The molecule has 0 amide bonds. The SMILES string of the molecule is c1ccc(-c2nc(-c3ccc(-c4ccc5cc(-c6c7ccccc7cc7c6ccc6ccccc67)ccc5c4)cc3)cc(-c3ccc4c(c3)sc3ccccc34)n2)cc1. The Hall–Kier alpha value is -7.46. The standard InChI is InChI=1S/C56H34N2S/c1-2-11-38(12-3-1)56-57-51(34-52(58-56)43-27-28-48-47-16-8-9-17-53(47)59-54(48)33-43)37-20-18-35(19-21-37)39-22-23-41-31-44(25-24-40(41)30-39)55-46-15-7-5-13-42(46)32-50-45-14-6-4-10-36(45)26-29-49(50)55/h1-34H. The molecule has 274 valence electrons. The second-order valence-corrected chi connectivity index (χ2v) is 16.4. The summed E-state index contributed by atoms with van der Waals surface area (Å²) in [5.74, 6) is 0.720. The minimum absolute atomic E-state index is 0.720. The van der Waals surface area contributed by atoms with Gasteiger partial charge in [0.1, 0.15) is 0 Å². The van der Waals surface area contributed by atoms with Crippen LogP contribution in [-0.2, 0) is 0 Å². The van der Waals surface area contributed by atoms with Crippen molar-refractivity contribution in [1.29, 1.82) is 0 Å². The van der Waals surface area contributed by atoms with Gasteiger partial charge in [-0.2, -0.15) is 0 Å². The van der Waals surface area contributed by atoms with E-state index in [-0.39, 0.29) is 0 Å². The lowest BCUT2D eigenvalue weighted by atomic mass is 9.89. The van der Waals surface area contributed by atoms with E-state index in [2.05, 4.69) is 188 Å². The first-order chi connectivity index (χ1) is 29.2. The Morgan fingerprint density at radius 1 is 0.271 bits per heavy atom. The number of hydrogen-bond acceptors (Lipinski definition) is 3. The van der Waals surface area contributed by atoms with Gasteiger partial charge in [0.15, 0.2) is 5.82 Å². The van der Waals surface area contributed by atoms with Gasteiger partial charge in [-0.05, 0) is 102 Å². The highest BCUT2D eigenvalue weighted by molar-refractivity contribution is 7.25. The van der Waals surface area contributed by atoms with Crippen LogP contribution in [0.5, 0.6) is 0 Å². The molecule has 0 spiro atoms. The van der Waals surface area contributed by atoms with E-state index >= 15 is 0 Å². The molecular weight excluding hydrogens is 733 g/mol. The van der Waals surface area contributed by atoms with E-state index in [1.54, 1.807) is 0 Å². The maximum absolute atomic E-state index is 5.12. The highest BCUT2D eigenvalue weighted by Gasteiger charge is 2.15. The van der Waals surface area contributed by atoms with Gasteiger partial charge in [-0.25, -0.2) is 9.97 Å². The van der Waals surface area contributed by atoms with Gasteiger partial charge >= 0.3 is 0 Å². The lowest BCUT2D eigenvalue weighted by Gasteiger charge is -2.15. The molecule has 12 rings (SSSR count). The van der Waals surface area contributed by atoms with Gasteiger partial charge in [0.2, 0.25) is 0 Å². The normalized spacial score (nSPS) is 11.7. The van der Waals surface area contributed by atoms with Crippen LogP contribution in [0.25, 0.3) is 119 Å². The summed E-state index contributed by atoms with van der Waals surface area (Å²) in [4.78, 5) is 10.2. The molecule has 0 fully saturated rings. The summed E-state index contributed by atoms with van der Waals surface area (Å²) in [6, 6.07) is 74.7. The topological polar surface area (TPSA) is 25.8 Å². The Morgan fingerprint density at radius 3 is 1.68 bits per heavy atom. The molecule has 0 saturated carbocycles. The number of thiophene rings is 1. The fourth-order valence-electron chi connectivity index (χ4n) is 8.89. The zero-order valence-corrected chi connectivity index (χ0v) is 32.7. The molecule has 2 nitrogen and oxygen atoms in total. The van der Waals surface area contributed by atoms with Crippen molar-refractivity contribution >= 4 is 74.6 Å². The zero-order valence-electron chi connectivity index (χ0n) is 31.9. The predicted molar refractivity (Wildman–Crippen MR) is 252 cm³/mol. The van der Waals surface area contributed by atoms with Crippen LogP contribution in [0, 0.1) is 0 Å². The molecule has 0 aliphatic heterocycles. The predicted octanol–water partition coefficient (Wildman–Crippen LogP) is 15.8. The van der Waals surface area contributed by atoms with Gasteiger partial charge in [-0.15, -0.1) is 11.3 Å². The molecule has 59 heavy (non-hydrogen) atoms. The quantitative estimate of drug-likeness (QED) is 0.129. The first-order valence-corrected chi connectivity index (χ1v) is 20.9. The van der Waals surface area contributed by atoms with Crippen LogP contribution in [-0.4, -0.2) is 9.97 Å². The van der Waals surface area contributed by atoms with Gasteiger partial charge in [0, 0.05) is 36.9 Å². The molecule has 3 heteroatoms. The molecule has 0 radical (unpaired) electrons. The Kier molecular flexibility index (Phi) is 7.75. The van der Waals surface area contributed by atoms with Gasteiger partial charge in [-0.3, -0.25) is 0 Å². The summed E-state index contributed by atoms with van der Waals surface area (Å²) in [6.07, 6.45) is 0. The molecular formula is C56H34N2S. The Morgan fingerprint density at radius 2 is 0.847 bits per heavy atom. The average Bonchev–Trinajstić information content (AvgIpc) is 3.69. The van der Waals surface area contributed by atoms with Crippen LogP contribution >= 0.6 is 11.3 Å². The second-order valence-electron chi connectivity index (χ2n) is 15.3. The van der Waals surface area contributed by atoms with E-state index in [1.807, 2.05) is 29.5 Å². The molecule has 2 aromatic heterocycles. The number of fused-ring (bicyclic) bond motifs is 8. The summed E-state index contributed by atoms with van der Waals surface area (Å²) in [5, 5.41) is 12.7. The van der Waals surface area contributed by atoms with E-state index in [0.717, 1.165) is 33.9 Å². The lowest BCUT2D eigenvalue weighted by Crippen LogP contribution is -1.95. The van der Waals surface area contributed by atoms with Gasteiger partial charge < -0.3 is 0 Å². The van der Waals surface area contributed by atoms with E-state index < -0.39 is 0 Å². The molecule has 0 saturated heterocycles. The van der Waals surface area contributed by atoms with Crippen molar-refractivity contribution in [2.24, 2.45) is 0 Å². The Labute approximate surface area is 345 Å². The average molecular weight is 767 g/mol. The van der Waals surface area contributed by atoms with Crippen molar-refractivity contribution in [3.63, 3.8) is 0 Å². The van der Waals surface area contributed by atoms with Gasteiger partial charge in [0.25, 0.3) is 0 Å². The van der Waals surface area contributed by atoms with E-state index in [1.165, 1.54) is 85.5 Å². The van der Waals surface area contributed by atoms with Crippen molar-refractivity contribution < 1.29 is 0 Å². The monoisotopic (exact) mass is 766 g/mol. The number of aromatic nitrogens is 2. The van der Waals surface area contributed by atoms with Crippen molar-refractivity contribution in [2.75, 3.05) is 0 Å². The molecule has 0 atom stereocenters. The molecule has 12 aromatic rings. The van der Waals surface area contributed by atoms with E-state index in [9.17, 15) is 0 Å². The third-order valence-corrected chi connectivity index (χ3v) is 13.0. The summed E-state index contributed by atoms with van der Waals surface area (Å²) in [7, 11) is 0. The van der Waals surface area contributed by atoms with Crippen molar-refractivity contribution in [3.05, 3.63) is 206 Å². The Balaban J connectivity index is 0.908. The Bertz CT molecular complexity index is 3600. The van der Waals surface area contributed by atoms with Crippen molar-refractivity contribution in [3.8, 4) is 56.2 Å². The number of nitrogens with zero attached hydrogens (tertiary/aromatic N) is 2. The third kappa shape index (κ3) is 5.78. The second kappa shape index (κ2) is 13.6. The first kappa shape index (κ1) is 33.7. The van der Waals surface area contributed by atoms with Gasteiger partial charge in [0.05, 0.1) is 11.4 Å². The molecule has 0 unspecified atom stereocenters. The van der Waals surface area contributed by atoms with E-state index in [4.69, 9.17) is 9.97 Å². The fourth-order valence-corrected chi connectivity index (χ4v) is 10.0. The minimum atomic E-state index is 0.720. The molecule has 0 aliphatic rings. The fraction of sp³-hybridized carbons (Fsp3) is 0. The number of rotatable bonds is 5. The van der Waals surface area contributed by atoms with Crippen LogP contribution < -0.4 is 0 Å². The van der Waals surface area contributed by atoms with Crippen LogP contribution in [0.2, 0.25) is 0 Å². The zero-order chi connectivity index (χ0) is 38.9. The summed E-state index contributed by atoms with van der Waals surface area (Å²) in [5.41, 5.74) is 9.82. The number of benzene rings is 10. The summed E-state index contributed by atoms with van der Waals surface area (Å²) >= 11 is 1.83. The van der Waals surface area contributed by atoms with Crippen molar-refractivity contribution in [1.82, 2.24) is 9.97 Å². The van der Waals surface area contributed by atoms with Crippen LogP contribution in [0.3, 0.4) is 0 Å². The maximum atomic E-state index is 5.12. The van der Waals surface area contributed by atoms with E-state index in [0.29, 0.717) is 0 Å². The number of hydrogen-bond donors (Lipinski definition) is 0. The highest BCUT2D eigenvalue weighted by atomic mass is 32.1. The lowest BCUT2D eigenvalue weighted by molar-refractivity contribution is 1.18. The summed E-state index contributed by atoms with van der Waals surface area (Å²) in [6.45, 7) is 0.